The second-order valence-electron chi connectivity index (χ2n) is 5.12. The molecule has 118 valence electrons. The molecule has 0 fully saturated rings. The molecule has 0 saturated heterocycles. The van der Waals surface area contributed by atoms with Crippen LogP contribution in [0.4, 0.5) is 0 Å². The van der Waals surface area contributed by atoms with Crippen LogP contribution in [0, 0.1) is 6.92 Å². The molecule has 2 rings (SSSR count). The Labute approximate surface area is 132 Å². The Bertz CT molecular complexity index is 727. The third kappa shape index (κ3) is 3.67. The van der Waals surface area contributed by atoms with Crippen LogP contribution in [0.15, 0.2) is 53.4 Å². The minimum Gasteiger partial charge on any atom is -0.496 e. The fourth-order valence-electron chi connectivity index (χ4n) is 2.35. The first-order valence-corrected chi connectivity index (χ1v) is 8.68. The summed E-state index contributed by atoms with van der Waals surface area (Å²) in [4.78, 5) is 0.250. The molecule has 0 bridgehead atoms. The predicted octanol–water partition coefficient (Wildman–Crippen LogP) is 3.43. The summed E-state index contributed by atoms with van der Waals surface area (Å²) in [7, 11) is -2.01. The van der Waals surface area contributed by atoms with Crippen LogP contribution in [-0.4, -0.2) is 15.5 Å². The quantitative estimate of drug-likeness (QED) is 0.887. The molecule has 0 aliphatic heterocycles. The molecule has 5 heteroatoms. The molecular weight excluding hydrogens is 298 g/mol. The number of hydrogen-bond acceptors (Lipinski definition) is 3. The minimum atomic E-state index is -3.57. The number of sulfonamides is 1. The first-order valence-electron chi connectivity index (χ1n) is 7.20. The lowest BCUT2D eigenvalue weighted by atomic mass is 10.1. The molecule has 1 atom stereocenters. The molecule has 0 spiro atoms. The van der Waals surface area contributed by atoms with Crippen molar-refractivity contribution in [3.63, 3.8) is 0 Å². The number of ether oxygens (including phenoxy) is 1. The van der Waals surface area contributed by atoms with Crippen molar-refractivity contribution in [2.75, 3.05) is 7.11 Å². The topological polar surface area (TPSA) is 55.4 Å². The molecule has 1 N–H and O–H groups in total. The Hall–Kier alpha value is -1.85. The Kier molecular flexibility index (Phi) is 5.21. The first kappa shape index (κ1) is 16.5. The van der Waals surface area contributed by atoms with E-state index < -0.39 is 10.0 Å². The third-order valence-corrected chi connectivity index (χ3v) is 5.05. The first-order chi connectivity index (χ1) is 10.5. The lowest BCUT2D eigenvalue weighted by Gasteiger charge is -2.18. The van der Waals surface area contributed by atoms with Crippen molar-refractivity contribution in [1.29, 1.82) is 0 Å². The zero-order valence-corrected chi connectivity index (χ0v) is 13.9. The number of benzene rings is 2. The lowest BCUT2D eigenvalue weighted by molar-refractivity contribution is 0.411. The SMILES string of the molecule is CC[C@@H](NS(=O)(=O)c1ccc(OC)c(C)c1)c1ccccc1. The summed E-state index contributed by atoms with van der Waals surface area (Å²) >= 11 is 0. The highest BCUT2D eigenvalue weighted by atomic mass is 32.2. The Morgan fingerprint density at radius 2 is 1.82 bits per heavy atom. The van der Waals surface area contributed by atoms with E-state index in [9.17, 15) is 8.42 Å². The van der Waals surface area contributed by atoms with Gasteiger partial charge in [0, 0.05) is 6.04 Å². The maximum atomic E-state index is 12.6. The Morgan fingerprint density at radius 3 is 2.36 bits per heavy atom. The van der Waals surface area contributed by atoms with Crippen LogP contribution in [0.5, 0.6) is 5.75 Å². The van der Waals surface area contributed by atoms with Crippen LogP contribution < -0.4 is 9.46 Å². The number of nitrogens with one attached hydrogen (secondary N) is 1. The van der Waals surface area contributed by atoms with Crippen molar-refractivity contribution in [2.24, 2.45) is 0 Å². The summed E-state index contributed by atoms with van der Waals surface area (Å²) in [6.07, 6.45) is 0.679. The third-order valence-electron chi connectivity index (χ3n) is 3.58. The molecule has 22 heavy (non-hydrogen) atoms. The van der Waals surface area contributed by atoms with E-state index in [1.54, 1.807) is 25.3 Å². The van der Waals surface area contributed by atoms with Gasteiger partial charge in [0.15, 0.2) is 0 Å². The van der Waals surface area contributed by atoms with E-state index in [-0.39, 0.29) is 10.9 Å². The summed E-state index contributed by atoms with van der Waals surface area (Å²) < 4.78 is 33.1. The van der Waals surface area contributed by atoms with E-state index in [0.29, 0.717) is 12.2 Å². The van der Waals surface area contributed by atoms with Gasteiger partial charge in [0.25, 0.3) is 0 Å². The summed E-state index contributed by atoms with van der Waals surface area (Å²) in [6.45, 7) is 3.78. The maximum Gasteiger partial charge on any atom is 0.241 e. The van der Waals surface area contributed by atoms with Gasteiger partial charge in [0.1, 0.15) is 5.75 Å². The lowest BCUT2D eigenvalue weighted by Crippen LogP contribution is -2.28. The normalized spacial score (nSPS) is 12.9. The van der Waals surface area contributed by atoms with E-state index in [2.05, 4.69) is 4.72 Å². The summed E-state index contributed by atoms with van der Waals surface area (Å²) in [5.74, 6) is 0.675. The zero-order valence-electron chi connectivity index (χ0n) is 13.0. The molecule has 2 aromatic carbocycles. The van der Waals surface area contributed by atoms with Crippen molar-refractivity contribution in [1.82, 2.24) is 4.72 Å². The molecule has 0 aliphatic carbocycles. The summed E-state index contributed by atoms with van der Waals surface area (Å²) in [5, 5.41) is 0. The van der Waals surface area contributed by atoms with Gasteiger partial charge in [-0.1, -0.05) is 37.3 Å². The van der Waals surface area contributed by atoms with E-state index in [1.807, 2.05) is 44.2 Å². The van der Waals surface area contributed by atoms with Crippen LogP contribution in [0.1, 0.15) is 30.5 Å². The number of methoxy groups -OCH3 is 1. The van der Waals surface area contributed by atoms with E-state index >= 15 is 0 Å². The van der Waals surface area contributed by atoms with Crippen LogP contribution >= 0.6 is 0 Å². The second kappa shape index (κ2) is 6.94. The molecule has 0 amide bonds. The van der Waals surface area contributed by atoms with E-state index in [0.717, 1.165) is 11.1 Å². The fraction of sp³-hybridized carbons (Fsp3) is 0.294. The smallest absolute Gasteiger partial charge is 0.241 e. The van der Waals surface area contributed by atoms with Gasteiger partial charge < -0.3 is 4.74 Å². The van der Waals surface area contributed by atoms with Gasteiger partial charge in [-0.3, -0.25) is 0 Å². The van der Waals surface area contributed by atoms with E-state index in [4.69, 9.17) is 4.74 Å². The minimum absolute atomic E-state index is 0.242. The maximum absolute atomic E-state index is 12.6. The van der Waals surface area contributed by atoms with Gasteiger partial charge in [-0.2, -0.15) is 0 Å². The fourth-order valence-corrected chi connectivity index (χ4v) is 3.74. The van der Waals surface area contributed by atoms with Crippen LogP contribution in [0.3, 0.4) is 0 Å². The van der Waals surface area contributed by atoms with Crippen molar-refractivity contribution in [3.05, 3.63) is 59.7 Å². The molecule has 0 saturated carbocycles. The summed E-state index contributed by atoms with van der Waals surface area (Å²) in [5.41, 5.74) is 1.75. The summed E-state index contributed by atoms with van der Waals surface area (Å²) in [6, 6.07) is 14.2. The molecule has 2 aromatic rings. The standard InChI is InChI=1S/C17H21NO3S/c1-4-16(14-8-6-5-7-9-14)18-22(19,20)15-10-11-17(21-3)13(2)12-15/h5-12,16,18H,4H2,1-3H3/t16-/m1/s1. The number of rotatable bonds is 6. The van der Waals surface area contributed by atoms with Gasteiger partial charge in [-0.25, -0.2) is 13.1 Å². The average molecular weight is 319 g/mol. The molecule has 0 aromatic heterocycles. The van der Waals surface area contributed by atoms with Crippen LogP contribution in [-0.2, 0) is 10.0 Å². The molecule has 0 unspecified atom stereocenters. The van der Waals surface area contributed by atoms with Crippen molar-refractivity contribution in [3.8, 4) is 5.75 Å². The van der Waals surface area contributed by atoms with E-state index in [1.165, 1.54) is 0 Å². The van der Waals surface area contributed by atoms with Crippen molar-refractivity contribution in [2.45, 2.75) is 31.2 Å². The van der Waals surface area contributed by atoms with Gasteiger partial charge in [-0.15, -0.1) is 0 Å². The average Bonchev–Trinajstić information content (AvgIpc) is 2.53. The van der Waals surface area contributed by atoms with Crippen LogP contribution in [0.25, 0.3) is 0 Å². The molecule has 0 radical (unpaired) electrons. The Morgan fingerprint density at radius 1 is 1.14 bits per heavy atom. The van der Waals surface area contributed by atoms with Gasteiger partial charge >= 0.3 is 0 Å². The van der Waals surface area contributed by atoms with Crippen molar-refractivity contribution >= 4 is 10.0 Å². The number of aryl methyl sites for hydroxylation is 1. The molecule has 0 aliphatic rings. The monoisotopic (exact) mass is 319 g/mol. The predicted molar refractivity (Wildman–Crippen MR) is 87.5 cm³/mol. The van der Waals surface area contributed by atoms with Gasteiger partial charge in [0.05, 0.1) is 12.0 Å². The zero-order chi connectivity index (χ0) is 16.2. The largest absolute Gasteiger partial charge is 0.496 e. The number of hydrogen-bond donors (Lipinski definition) is 1. The van der Waals surface area contributed by atoms with Crippen LogP contribution in [0.2, 0.25) is 0 Å². The molecule has 0 heterocycles. The highest BCUT2D eigenvalue weighted by Crippen LogP contribution is 2.24. The highest BCUT2D eigenvalue weighted by Gasteiger charge is 2.20. The van der Waals surface area contributed by atoms with Gasteiger partial charge in [-0.05, 0) is 42.7 Å². The second-order valence-corrected chi connectivity index (χ2v) is 6.84. The molecule has 4 nitrogen and oxygen atoms in total. The van der Waals surface area contributed by atoms with Crippen molar-refractivity contribution < 1.29 is 13.2 Å². The Balaban J connectivity index is 2.28. The highest BCUT2D eigenvalue weighted by molar-refractivity contribution is 7.89. The molecular formula is C17H21NO3S. The van der Waals surface area contributed by atoms with Gasteiger partial charge in [0.2, 0.25) is 10.0 Å².